The van der Waals surface area contributed by atoms with Gasteiger partial charge in [-0.3, -0.25) is 0 Å². The van der Waals surface area contributed by atoms with Crippen molar-refractivity contribution >= 4 is 11.6 Å². The number of nitrogens with one attached hydrogen (secondary N) is 1. The number of ether oxygens (including phenoxy) is 2. The molecule has 1 N–H and O–H groups in total. The average molecular weight is 270 g/mol. The van der Waals surface area contributed by atoms with E-state index in [1.54, 1.807) is 7.11 Å². The van der Waals surface area contributed by atoms with Gasteiger partial charge in [0.1, 0.15) is 5.75 Å². The number of halogens is 1. The molecule has 0 unspecified atom stereocenters. The van der Waals surface area contributed by atoms with Gasteiger partial charge in [-0.1, -0.05) is 17.7 Å². The molecule has 0 atom stereocenters. The number of rotatable bonds is 6. The third kappa shape index (κ3) is 3.16. The topological polar surface area (TPSA) is 30.5 Å². The molecular weight excluding hydrogens is 250 g/mol. The Morgan fingerprint density at radius 2 is 2.17 bits per heavy atom. The third-order valence-electron chi connectivity index (χ3n) is 3.36. The minimum absolute atomic E-state index is 0.431. The highest BCUT2D eigenvalue weighted by atomic mass is 35.5. The van der Waals surface area contributed by atoms with Gasteiger partial charge in [0, 0.05) is 29.8 Å². The largest absolute Gasteiger partial charge is 0.496 e. The summed E-state index contributed by atoms with van der Waals surface area (Å²) in [5.74, 6) is 0.843. The van der Waals surface area contributed by atoms with Gasteiger partial charge in [0.15, 0.2) is 0 Å². The van der Waals surface area contributed by atoms with E-state index in [2.05, 4.69) is 5.32 Å². The van der Waals surface area contributed by atoms with E-state index in [4.69, 9.17) is 21.1 Å². The molecule has 0 radical (unpaired) electrons. The Labute approximate surface area is 113 Å². The van der Waals surface area contributed by atoms with E-state index in [0.717, 1.165) is 42.3 Å². The summed E-state index contributed by atoms with van der Waals surface area (Å²) in [7, 11) is 1.67. The van der Waals surface area contributed by atoms with Crippen molar-refractivity contribution in [1.82, 2.24) is 5.32 Å². The molecule has 1 fully saturated rings. The Bertz CT molecular complexity index is 391. The lowest BCUT2D eigenvalue weighted by Gasteiger charge is -2.35. The molecule has 0 aromatic heterocycles. The molecule has 100 valence electrons. The van der Waals surface area contributed by atoms with Crippen LogP contribution in [0.5, 0.6) is 5.75 Å². The van der Waals surface area contributed by atoms with Crippen molar-refractivity contribution in [3.8, 4) is 5.75 Å². The molecule has 0 bridgehead atoms. The number of methoxy groups -OCH3 is 1. The molecule has 1 aromatic carbocycles. The Balaban J connectivity index is 1.84. The molecule has 1 aliphatic carbocycles. The van der Waals surface area contributed by atoms with Crippen LogP contribution in [0.15, 0.2) is 18.2 Å². The highest BCUT2D eigenvalue weighted by Gasteiger charge is 2.29. The van der Waals surface area contributed by atoms with Crippen molar-refractivity contribution in [2.24, 2.45) is 0 Å². The van der Waals surface area contributed by atoms with Crippen molar-refractivity contribution in [1.29, 1.82) is 0 Å². The van der Waals surface area contributed by atoms with Crippen molar-refractivity contribution in [3.63, 3.8) is 0 Å². The first-order chi connectivity index (χ1) is 8.74. The van der Waals surface area contributed by atoms with Crippen molar-refractivity contribution in [2.45, 2.75) is 38.5 Å². The first-order valence-electron chi connectivity index (χ1n) is 6.41. The molecule has 4 heteroatoms. The summed E-state index contributed by atoms with van der Waals surface area (Å²) in [6.45, 7) is 3.58. The van der Waals surface area contributed by atoms with Crippen molar-refractivity contribution in [2.75, 3.05) is 13.7 Å². The van der Waals surface area contributed by atoms with E-state index < -0.39 is 0 Å². The van der Waals surface area contributed by atoms with E-state index in [1.807, 2.05) is 25.1 Å². The fourth-order valence-corrected chi connectivity index (χ4v) is 2.48. The monoisotopic (exact) mass is 269 g/mol. The maximum Gasteiger partial charge on any atom is 0.124 e. The Hall–Kier alpha value is -0.770. The van der Waals surface area contributed by atoms with Crippen LogP contribution in [0.2, 0.25) is 5.02 Å². The van der Waals surface area contributed by atoms with Crippen LogP contribution < -0.4 is 10.1 Å². The molecule has 0 heterocycles. The van der Waals surface area contributed by atoms with E-state index in [0.29, 0.717) is 12.1 Å². The quantitative estimate of drug-likeness (QED) is 0.861. The van der Waals surface area contributed by atoms with Crippen LogP contribution >= 0.6 is 11.6 Å². The highest BCUT2D eigenvalue weighted by Crippen LogP contribution is 2.28. The fourth-order valence-electron chi connectivity index (χ4n) is 2.25. The summed E-state index contributed by atoms with van der Waals surface area (Å²) in [5, 5.41) is 4.25. The molecule has 1 aliphatic rings. The van der Waals surface area contributed by atoms with Gasteiger partial charge in [-0.05, 0) is 31.9 Å². The summed E-state index contributed by atoms with van der Waals surface area (Å²) in [6, 6.07) is 6.26. The van der Waals surface area contributed by atoms with Crippen LogP contribution in [-0.2, 0) is 11.3 Å². The Morgan fingerprint density at radius 3 is 2.83 bits per heavy atom. The molecule has 0 saturated heterocycles. The lowest BCUT2D eigenvalue weighted by molar-refractivity contribution is -0.0102. The van der Waals surface area contributed by atoms with E-state index in [-0.39, 0.29) is 0 Å². The molecule has 0 spiro atoms. The zero-order chi connectivity index (χ0) is 13.0. The molecule has 1 saturated carbocycles. The molecular formula is C14H20ClNO2. The maximum atomic E-state index is 6.19. The zero-order valence-electron chi connectivity index (χ0n) is 10.9. The minimum Gasteiger partial charge on any atom is -0.496 e. The summed E-state index contributed by atoms with van der Waals surface area (Å²) >= 11 is 6.19. The van der Waals surface area contributed by atoms with Crippen LogP contribution in [-0.4, -0.2) is 25.9 Å². The standard InChI is InChI=1S/C14H20ClNO2/c1-3-18-11-7-10(8-11)16-9-12-13(15)5-4-6-14(12)17-2/h4-6,10-11,16H,3,7-9H2,1-2H3. The predicted molar refractivity (Wildman–Crippen MR) is 73.3 cm³/mol. The number of hydrogen-bond acceptors (Lipinski definition) is 3. The lowest BCUT2D eigenvalue weighted by atomic mass is 9.89. The smallest absolute Gasteiger partial charge is 0.124 e. The second-order valence-corrected chi connectivity index (χ2v) is 4.95. The Morgan fingerprint density at radius 1 is 1.39 bits per heavy atom. The second-order valence-electron chi connectivity index (χ2n) is 4.55. The van der Waals surface area contributed by atoms with Gasteiger partial charge < -0.3 is 14.8 Å². The van der Waals surface area contributed by atoms with Gasteiger partial charge in [-0.2, -0.15) is 0 Å². The van der Waals surface area contributed by atoms with Crippen LogP contribution in [0.1, 0.15) is 25.3 Å². The third-order valence-corrected chi connectivity index (χ3v) is 3.71. The summed E-state index contributed by atoms with van der Waals surface area (Å²) < 4.78 is 10.9. The van der Waals surface area contributed by atoms with Crippen LogP contribution in [0, 0.1) is 0 Å². The van der Waals surface area contributed by atoms with Gasteiger partial charge in [-0.25, -0.2) is 0 Å². The highest BCUT2D eigenvalue weighted by molar-refractivity contribution is 6.31. The van der Waals surface area contributed by atoms with Gasteiger partial charge in [0.05, 0.1) is 13.2 Å². The van der Waals surface area contributed by atoms with Crippen LogP contribution in [0.4, 0.5) is 0 Å². The number of hydrogen-bond donors (Lipinski definition) is 1. The Kier molecular flexibility index (Phi) is 4.87. The lowest BCUT2D eigenvalue weighted by Crippen LogP contribution is -2.45. The van der Waals surface area contributed by atoms with E-state index in [9.17, 15) is 0 Å². The number of benzene rings is 1. The van der Waals surface area contributed by atoms with E-state index in [1.165, 1.54) is 0 Å². The van der Waals surface area contributed by atoms with Crippen molar-refractivity contribution < 1.29 is 9.47 Å². The van der Waals surface area contributed by atoms with Crippen LogP contribution in [0.3, 0.4) is 0 Å². The second kappa shape index (κ2) is 6.41. The fraction of sp³-hybridized carbons (Fsp3) is 0.571. The molecule has 0 aliphatic heterocycles. The van der Waals surface area contributed by atoms with Gasteiger partial charge in [0.25, 0.3) is 0 Å². The molecule has 3 nitrogen and oxygen atoms in total. The summed E-state index contributed by atoms with van der Waals surface area (Å²) in [4.78, 5) is 0. The van der Waals surface area contributed by atoms with Gasteiger partial charge in [0.2, 0.25) is 0 Å². The predicted octanol–water partition coefficient (Wildman–Crippen LogP) is 3.01. The first-order valence-corrected chi connectivity index (χ1v) is 6.78. The SMILES string of the molecule is CCOC1CC(NCc2c(Cl)cccc2OC)C1. The zero-order valence-corrected chi connectivity index (χ0v) is 11.7. The van der Waals surface area contributed by atoms with Crippen molar-refractivity contribution in [3.05, 3.63) is 28.8 Å². The minimum atomic E-state index is 0.431. The first kappa shape index (κ1) is 13.7. The summed E-state index contributed by atoms with van der Waals surface area (Å²) in [5.41, 5.74) is 1.03. The van der Waals surface area contributed by atoms with Gasteiger partial charge in [-0.15, -0.1) is 0 Å². The van der Waals surface area contributed by atoms with Gasteiger partial charge >= 0.3 is 0 Å². The summed E-state index contributed by atoms with van der Waals surface area (Å²) in [6.07, 6.45) is 2.60. The van der Waals surface area contributed by atoms with E-state index >= 15 is 0 Å². The van der Waals surface area contributed by atoms with Crippen LogP contribution in [0.25, 0.3) is 0 Å². The average Bonchev–Trinajstić information content (AvgIpc) is 2.33. The molecule has 0 amide bonds. The maximum absolute atomic E-state index is 6.19. The molecule has 2 rings (SSSR count). The normalized spacial score (nSPS) is 22.6. The molecule has 18 heavy (non-hydrogen) atoms. The molecule has 1 aromatic rings.